The van der Waals surface area contributed by atoms with Crippen molar-refractivity contribution in [3.05, 3.63) is 29.6 Å². The first-order chi connectivity index (χ1) is 7.19. The molecule has 1 aromatic heterocycles. The smallest absolute Gasteiger partial charge is 0.356 e. The Morgan fingerprint density at radius 1 is 1.47 bits per heavy atom. The summed E-state index contributed by atoms with van der Waals surface area (Å²) in [6.07, 6.45) is -0.252. The van der Waals surface area contributed by atoms with E-state index in [1.54, 1.807) is 6.07 Å². The van der Waals surface area contributed by atoms with Gasteiger partial charge in [0.1, 0.15) is 17.8 Å². The van der Waals surface area contributed by atoms with Crippen molar-refractivity contribution in [3.8, 4) is 6.07 Å². The van der Waals surface area contributed by atoms with E-state index in [2.05, 4.69) is 9.72 Å². The van der Waals surface area contributed by atoms with Crippen molar-refractivity contribution in [2.75, 3.05) is 7.11 Å². The zero-order valence-electron chi connectivity index (χ0n) is 8.06. The first-order valence-corrected chi connectivity index (χ1v) is 4.14. The number of nitrogens with zero attached hydrogens (tertiary/aromatic N) is 2. The van der Waals surface area contributed by atoms with Crippen molar-refractivity contribution in [2.45, 2.75) is 6.42 Å². The Morgan fingerprint density at radius 2 is 2.13 bits per heavy atom. The van der Waals surface area contributed by atoms with Gasteiger partial charge in [-0.05, 0) is 12.1 Å². The summed E-state index contributed by atoms with van der Waals surface area (Å²) in [6.45, 7) is 0. The third-order valence-corrected chi connectivity index (χ3v) is 1.67. The minimum Gasteiger partial charge on any atom is -0.464 e. The summed E-state index contributed by atoms with van der Waals surface area (Å²) in [4.78, 5) is 26.1. The molecule has 0 fully saturated rings. The fourth-order valence-electron chi connectivity index (χ4n) is 0.971. The van der Waals surface area contributed by atoms with Crippen molar-refractivity contribution in [2.24, 2.45) is 0 Å². The van der Waals surface area contributed by atoms with E-state index in [9.17, 15) is 9.59 Å². The molecule has 1 rings (SSSR count). The average molecular weight is 204 g/mol. The van der Waals surface area contributed by atoms with Gasteiger partial charge in [0.25, 0.3) is 0 Å². The van der Waals surface area contributed by atoms with Gasteiger partial charge in [-0.3, -0.25) is 4.79 Å². The van der Waals surface area contributed by atoms with Gasteiger partial charge in [-0.1, -0.05) is 6.07 Å². The van der Waals surface area contributed by atoms with Gasteiger partial charge in [0.2, 0.25) is 0 Å². The Bertz CT molecular complexity index is 435. The molecular formula is C10H8N2O3. The molecule has 0 saturated carbocycles. The highest BCUT2D eigenvalue weighted by molar-refractivity contribution is 5.97. The van der Waals surface area contributed by atoms with Crippen LogP contribution >= 0.6 is 0 Å². The lowest BCUT2D eigenvalue weighted by atomic mass is 10.2. The number of aromatic nitrogens is 1. The minimum absolute atomic E-state index is 0.0567. The maximum absolute atomic E-state index is 11.3. The Morgan fingerprint density at radius 3 is 2.73 bits per heavy atom. The molecule has 0 N–H and O–H groups in total. The zero-order chi connectivity index (χ0) is 11.3. The molecule has 0 spiro atoms. The van der Waals surface area contributed by atoms with E-state index < -0.39 is 11.8 Å². The molecule has 0 aliphatic heterocycles. The van der Waals surface area contributed by atoms with Crippen LogP contribution in [-0.2, 0) is 4.74 Å². The second kappa shape index (κ2) is 4.86. The van der Waals surface area contributed by atoms with Gasteiger partial charge in [-0.15, -0.1) is 0 Å². The number of esters is 1. The van der Waals surface area contributed by atoms with Gasteiger partial charge in [0, 0.05) is 0 Å². The lowest BCUT2D eigenvalue weighted by Crippen LogP contribution is -2.08. The number of hydrogen-bond acceptors (Lipinski definition) is 5. The molecule has 0 amide bonds. The molecule has 0 bridgehead atoms. The summed E-state index contributed by atoms with van der Waals surface area (Å²) in [5, 5.41) is 8.33. The molecule has 0 unspecified atom stereocenters. The SMILES string of the molecule is COC(=O)c1cccc(C(=O)CC#N)n1. The van der Waals surface area contributed by atoms with Gasteiger partial charge < -0.3 is 4.74 Å². The quantitative estimate of drug-likeness (QED) is 0.541. The molecule has 1 heterocycles. The van der Waals surface area contributed by atoms with Gasteiger partial charge in [0.05, 0.1) is 13.2 Å². The third-order valence-electron chi connectivity index (χ3n) is 1.67. The Balaban J connectivity index is 2.98. The summed E-state index contributed by atoms with van der Waals surface area (Å²) in [7, 11) is 1.23. The number of Topliss-reactive ketones (excluding diaryl/α,β-unsaturated/α-hetero) is 1. The molecular weight excluding hydrogens is 196 g/mol. The van der Waals surface area contributed by atoms with E-state index in [1.807, 2.05) is 0 Å². The summed E-state index contributed by atoms with van der Waals surface area (Å²) in [5.41, 5.74) is 0.153. The van der Waals surface area contributed by atoms with Crippen LogP contribution in [0.1, 0.15) is 27.4 Å². The zero-order valence-corrected chi connectivity index (χ0v) is 8.06. The monoisotopic (exact) mass is 204 g/mol. The second-order valence-corrected chi connectivity index (χ2v) is 2.66. The molecule has 5 nitrogen and oxygen atoms in total. The number of carbonyl (C=O) groups is 2. The largest absolute Gasteiger partial charge is 0.464 e. The predicted molar refractivity (Wildman–Crippen MR) is 50.1 cm³/mol. The molecule has 0 aliphatic carbocycles. The standard InChI is InChI=1S/C10H8N2O3/c1-15-10(14)8-4-2-3-7(12-8)9(13)5-6-11/h2-4H,5H2,1H3. The van der Waals surface area contributed by atoms with Gasteiger partial charge >= 0.3 is 5.97 Å². The molecule has 0 aromatic carbocycles. The number of ether oxygens (including phenoxy) is 1. The molecule has 76 valence electrons. The van der Waals surface area contributed by atoms with Crippen molar-refractivity contribution < 1.29 is 14.3 Å². The van der Waals surface area contributed by atoms with E-state index in [4.69, 9.17) is 5.26 Å². The highest BCUT2D eigenvalue weighted by Gasteiger charge is 2.11. The Kier molecular flexibility index (Phi) is 3.52. The fraction of sp³-hybridized carbons (Fsp3) is 0.200. The highest BCUT2D eigenvalue weighted by Crippen LogP contribution is 2.03. The molecule has 0 aliphatic rings. The number of nitriles is 1. The number of pyridine rings is 1. The Hall–Kier alpha value is -2.22. The van der Waals surface area contributed by atoms with Crippen LogP contribution in [0.25, 0.3) is 0 Å². The Labute approximate surface area is 86.3 Å². The first-order valence-electron chi connectivity index (χ1n) is 4.14. The van der Waals surface area contributed by atoms with Crippen LogP contribution in [0, 0.1) is 11.3 Å². The van der Waals surface area contributed by atoms with E-state index in [0.717, 1.165) is 0 Å². The number of carbonyl (C=O) groups excluding carboxylic acids is 2. The van der Waals surface area contributed by atoms with Crippen molar-refractivity contribution in [1.29, 1.82) is 5.26 Å². The maximum Gasteiger partial charge on any atom is 0.356 e. The lowest BCUT2D eigenvalue weighted by Gasteiger charge is -2.00. The van der Waals surface area contributed by atoms with E-state index >= 15 is 0 Å². The third kappa shape index (κ3) is 2.61. The van der Waals surface area contributed by atoms with E-state index in [0.29, 0.717) is 0 Å². The summed E-state index contributed by atoms with van der Waals surface area (Å²) >= 11 is 0. The van der Waals surface area contributed by atoms with Crippen LogP contribution in [0.2, 0.25) is 0 Å². The first kappa shape index (κ1) is 10.9. The van der Waals surface area contributed by atoms with Crippen LogP contribution in [0.3, 0.4) is 0 Å². The average Bonchev–Trinajstić information content (AvgIpc) is 2.28. The van der Waals surface area contributed by atoms with Crippen LogP contribution in [-0.4, -0.2) is 23.8 Å². The van der Waals surface area contributed by atoms with E-state index in [1.165, 1.54) is 25.3 Å². The molecule has 0 atom stereocenters. The van der Waals surface area contributed by atoms with Crippen LogP contribution in [0.5, 0.6) is 0 Å². The summed E-state index contributed by atoms with van der Waals surface area (Å²) in [6, 6.07) is 6.13. The minimum atomic E-state index is -0.610. The number of ketones is 1. The van der Waals surface area contributed by atoms with Crippen LogP contribution in [0.4, 0.5) is 0 Å². The van der Waals surface area contributed by atoms with Crippen molar-refractivity contribution >= 4 is 11.8 Å². The van der Waals surface area contributed by atoms with Crippen molar-refractivity contribution in [3.63, 3.8) is 0 Å². The van der Waals surface area contributed by atoms with Gasteiger partial charge in [0.15, 0.2) is 5.78 Å². The number of rotatable bonds is 3. The van der Waals surface area contributed by atoms with Crippen LogP contribution < -0.4 is 0 Å². The van der Waals surface area contributed by atoms with Gasteiger partial charge in [-0.2, -0.15) is 5.26 Å². The maximum atomic E-state index is 11.3. The number of hydrogen-bond donors (Lipinski definition) is 0. The summed E-state index contributed by atoms with van der Waals surface area (Å²) < 4.78 is 4.45. The molecule has 5 heteroatoms. The van der Waals surface area contributed by atoms with Crippen LogP contribution in [0.15, 0.2) is 18.2 Å². The number of methoxy groups -OCH3 is 1. The topological polar surface area (TPSA) is 80.0 Å². The molecule has 0 radical (unpaired) electrons. The normalized spacial score (nSPS) is 9.07. The predicted octanol–water partition coefficient (Wildman–Crippen LogP) is 0.965. The fourth-order valence-corrected chi connectivity index (χ4v) is 0.971. The van der Waals surface area contributed by atoms with E-state index in [-0.39, 0.29) is 17.8 Å². The molecule has 15 heavy (non-hydrogen) atoms. The summed E-state index contributed by atoms with van der Waals surface area (Å²) in [5.74, 6) is -1.02. The molecule has 1 aromatic rings. The lowest BCUT2D eigenvalue weighted by molar-refractivity contribution is 0.0594. The molecule has 0 saturated heterocycles. The van der Waals surface area contributed by atoms with Gasteiger partial charge in [-0.25, -0.2) is 9.78 Å². The second-order valence-electron chi connectivity index (χ2n) is 2.66. The highest BCUT2D eigenvalue weighted by atomic mass is 16.5. The van der Waals surface area contributed by atoms with Crippen molar-refractivity contribution in [1.82, 2.24) is 4.98 Å².